The van der Waals surface area contributed by atoms with E-state index in [4.69, 9.17) is 17.0 Å². The van der Waals surface area contributed by atoms with Crippen LogP contribution in [0.25, 0.3) is 0 Å². The average Bonchev–Trinajstić information content (AvgIpc) is 2.54. The summed E-state index contributed by atoms with van der Waals surface area (Å²) >= 11 is 6.93. The zero-order valence-corrected chi connectivity index (χ0v) is 14.6. The van der Waals surface area contributed by atoms with E-state index >= 15 is 0 Å². The van der Waals surface area contributed by atoms with E-state index in [0.29, 0.717) is 17.9 Å². The highest BCUT2D eigenvalue weighted by Crippen LogP contribution is 2.42. The van der Waals surface area contributed by atoms with Crippen molar-refractivity contribution in [2.24, 2.45) is 0 Å². The van der Waals surface area contributed by atoms with E-state index in [2.05, 4.69) is 0 Å². The number of nitrogens with one attached hydrogen (secondary N) is 1. The summed E-state index contributed by atoms with van der Waals surface area (Å²) in [5.74, 6) is 0. The number of hydrogen-bond acceptors (Lipinski definition) is 2. The Labute approximate surface area is 148 Å². The van der Waals surface area contributed by atoms with Crippen molar-refractivity contribution in [2.75, 3.05) is 0 Å². The second kappa shape index (κ2) is 7.62. The molecule has 0 saturated carbocycles. The molecule has 0 amide bonds. The minimum atomic E-state index is -4.40. The van der Waals surface area contributed by atoms with Gasteiger partial charge in [-0.15, -0.1) is 11.8 Å². The van der Waals surface area contributed by atoms with Gasteiger partial charge in [0, 0.05) is 16.1 Å². The minimum Gasteiger partial charge on any atom is -0.312 e. The molecule has 0 spiro atoms. The zero-order valence-electron chi connectivity index (χ0n) is 13.0. The van der Waals surface area contributed by atoms with Gasteiger partial charge in [-0.1, -0.05) is 35.9 Å². The van der Waals surface area contributed by atoms with Crippen LogP contribution in [-0.4, -0.2) is 11.0 Å². The summed E-state index contributed by atoms with van der Waals surface area (Å²) in [5, 5.41) is 8.32. The number of benzene rings is 2. The molecule has 0 saturated heterocycles. The van der Waals surface area contributed by atoms with E-state index < -0.39 is 16.5 Å². The number of thioether (sulfide) groups is 1. The maximum Gasteiger partial charge on any atom is 0.417 e. The molecule has 24 heavy (non-hydrogen) atoms. The number of aryl methyl sites for hydroxylation is 1. The van der Waals surface area contributed by atoms with Gasteiger partial charge < -0.3 is 5.41 Å². The lowest BCUT2D eigenvalue weighted by molar-refractivity contribution is -0.139. The van der Waals surface area contributed by atoms with E-state index in [-0.39, 0.29) is 4.90 Å². The summed E-state index contributed by atoms with van der Waals surface area (Å²) in [6.45, 7) is 1.79. The van der Waals surface area contributed by atoms with Gasteiger partial charge in [0.25, 0.3) is 0 Å². The first kappa shape index (κ1) is 18.9. The first-order valence-corrected chi connectivity index (χ1v) is 8.54. The van der Waals surface area contributed by atoms with Crippen molar-refractivity contribution >= 4 is 29.6 Å². The molecule has 1 nitrogen and oxygen atoms in total. The van der Waals surface area contributed by atoms with E-state index in [1.807, 2.05) is 12.1 Å². The van der Waals surface area contributed by atoms with Gasteiger partial charge in [0.2, 0.25) is 0 Å². The molecular weight excluding hydrogens is 355 g/mol. The van der Waals surface area contributed by atoms with Crippen molar-refractivity contribution in [3.05, 3.63) is 64.7 Å². The first-order valence-electron chi connectivity index (χ1n) is 7.35. The SMILES string of the molecule is CC(C=N)(CCc1ccc(Cl)cc1)Sc1ccccc1C(F)(F)F. The van der Waals surface area contributed by atoms with Gasteiger partial charge in [0.15, 0.2) is 0 Å². The summed E-state index contributed by atoms with van der Waals surface area (Å²) < 4.78 is 38.7. The van der Waals surface area contributed by atoms with Crippen LogP contribution in [0.4, 0.5) is 13.2 Å². The Balaban J connectivity index is 2.16. The molecule has 0 aliphatic rings. The van der Waals surface area contributed by atoms with Crippen molar-refractivity contribution in [1.29, 1.82) is 5.41 Å². The molecule has 6 heteroatoms. The van der Waals surface area contributed by atoms with Crippen LogP contribution in [0.5, 0.6) is 0 Å². The molecular formula is C18H17ClF3NS. The maximum atomic E-state index is 13.1. The molecule has 0 bridgehead atoms. The molecule has 1 atom stereocenters. The Morgan fingerprint density at radius 1 is 1.08 bits per heavy atom. The van der Waals surface area contributed by atoms with Crippen LogP contribution in [0, 0.1) is 5.41 Å². The first-order chi connectivity index (χ1) is 11.2. The highest BCUT2D eigenvalue weighted by atomic mass is 35.5. The minimum absolute atomic E-state index is 0.145. The van der Waals surface area contributed by atoms with E-state index in [1.54, 1.807) is 25.1 Å². The fraction of sp³-hybridized carbons (Fsp3) is 0.278. The highest BCUT2D eigenvalue weighted by Gasteiger charge is 2.35. The Bertz CT molecular complexity index is 700. The third-order valence-electron chi connectivity index (χ3n) is 3.66. The summed E-state index contributed by atoms with van der Waals surface area (Å²) in [4.78, 5) is 0.145. The van der Waals surface area contributed by atoms with Gasteiger partial charge in [-0.2, -0.15) is 13.2 Å². The van der Waals surface area contributed by atoms with Gasteiger partial charge in [0.1, 0.15) is 0 Å². The van der Waals surface area contributed by atoms with Gasteiger partial charge >= 0.3 is 6.18 Å². The molecule has 0 fully saturated rings. The Hall–Kier alpha value is -1.46. The van der Waals surface area contributed by atoms with Crippen molar-refractivity contribution in [2.45, 2.75) is 35.6 Å². The molecule has 2 rings (SSSR count). The van der Waals surface area contributed by atoms with Crippen LogP contribution in [-0.2, 0) is 12.6 Å². The second-order valence-corrected chi connectivity index (χ2v) is 7.69. The molecule has 2 aromatic rings. The predicted octanol–water partition coefficient (Wildman–Crippen LogP) is 6.49. The van der Waals surface area contributed by atoms with Gasteiger partial charge in [-0.3, -0.25) is 0 Å². The Morgan fingerprint density at radius 3 is 2.29 bits per heavy atom. The maximum absolute atomic E-state index is 13.1. The lowest BCUT2D eigenvalue weighted by Crippen LogP contribution is -2.23. The highest BCUT2D eigenvalue weighted by molar-refractivity contribution is 8.01. The van der Waals surface area contributed by atoms with Gasteiger partial charge in [0.05, 0.1) is 10.3 Å². The normalized spacial score (nSPS) is 14.2. The Morgan fingerprint density at radius 2 is 1.71 bits per heavy atom. The lowest BCUT2D eigenvalue weighted by Gasteiger charge is -2.26. The van der Waals surface area contributed by atoms with Crippen LogP contribution in [0.1, 0.15) is 24.5 Å². The van der Waals surface area contributed by atoms with Crippen molar-refractivity contribution in [1.82, 2.24) is 0 Å². The number of alkyl halides is 3. The molecule has 0 aliphatic heterocycles. The number of halogens is 4. The molecule has 1 unspecified atom stereocenters. The van der Waals surface area contributed by atoms with Crippen molar-refractivity contribution < 1.29 is 13.2 Å². The fourth-order valence-corrected chi connectivity index (χ4v) is 3.57. The molecule has 0 heterocycles. The average molecular weight is 372 g/mol. The monoisotopic (exact) mass is 371 g/mol. The third-order valence-corrected chi connectivity index (χ3v) is 5.28. The molecule has 0 aliphatic carbocycles. The number of rotatable bonds is 6. The van der Waals surface area contributed by atoms with Gasteiger partial charge in [-0.25, -0.2) is 0 Å². The smallest absolute Gasteiger partial charge is 0.312 e. The van der Waals surface area contributed by atoms with Crippen LogP contribution >= 0.6 is 23.4 Å². The van der Waals surface area contributed by atoms with Crippen LogP contribution in [0.2, 0.25) is 5.02 Å². The standard InChI is InChI=1S/C18H17ClF3NS/c1-17(12-23,11-10-13-6-8-14(19)9-7-13)24-16-5-3-2-4-15(16)18(20,21)22/h2-9,12,23H,10-11H2,1H3. The summed E-state index contributed by atoms with van der Waals surface area (Å²) in [6, 6.07) is 12.8. The molecule has 0 aromatic heterocycles. The summed E-state index contributed by atoms with van der Waals surface area (Å²) in [5.41, 5.74) is 0.381. The largest absolute Gasteiger partial charge is 0.417 e. The lowest BCUT2D eigenvalue weighted by atomic mass is 10.0. The van der Waals surface area contributed by atoms with E-state index in [0.717, 1.165) is 23.4 Å². The molecule has 0 radical (unpaired) electrons. The zero-order chi connectivity index (χ0) is 17.8. The fourth-order valence-electron chi connectivity index (χ4n) is 2.24. The molecule has 1 N–H and O–H groups in total. The van der Waals surface area contributed by atoms with Crippen molar-refractivity contribution in [3.8, 4) is 0 Å². The Kier molecular flexibility index (Phi) is 5.99. The van der Waals surface area contributed by atoms with Gasteiger partial charge in [-0.05, 0) is 49.6 Å². The quantitative estimate of drug-likeness (QED) is 0.455. The molecule has 128 valence electrons. The van der Waals surface area contributed by atoms with Crippen molar-refractivity contribution in [3.63, 3.8) is 0 Å². The van der Waals surface area contributed by atoms with Crippen LogP contribution in [0.3, 0.4) is 0 Å². The summed E-state index contributed by atoms with van der Waals surface area (Å²) in [6.07, 6.45) is -1.97. The predicted molar refractivity (Wildman–Crippen MR) is 94.3 cm³/mol. The topological polar surface area (TPSA) is 23.9 Å². The van der Waals surface area contributed by atoms with E-state index in [1.165, 1.54) is 18.3 Å². The summed E-state index contributed by atoms with van der Waals surface area (Å²) in [7, 11) is 0. The number of hydrogen-bond donors (Lipinski definition) is 1. The van der Waals surface area contributed by atoms with Crippen LogP contribution < -0.4 is 0 Å². The third kappa shape index (κ3) is 5.02. The second-order valence-electron chi connectivity index (χ2n) is 5.68. The van der Waals surface area contributed by atoms with Crippen LogP contribution in [0.15, 0.2) is 53.4 Å². The van der Waals surface area contributed by atoms with E-state index in [9.17, 15) is 13.2 Å². The molecule has 2 aromatic carbocycles.